The average Bonchev–Trinajstić information content (AvgIpc) is 3.20. The number of aliphatic imine (C=N–C) groups is 1. The van der Waals surface area contributed by atoms with Gasteiger partial charge in [0.1, 0.15) is 17.4 Å². The lowest BCUT2D eigenvalue weighted by atomic mass is 9.78. The lowest BCUT2D eigenvalue weighted by Gasteiger charge is -2.34. The molecule has 230 valence electrons. The number of hydrogen-bond acceptors (Lipinski definition) is 5. The van der Waals surface area contributed by atoms with E-state index in [9.17, 15) is 37.1 Å². The molecule has 3 aliphatic rings. The van der Waals surface area contributed by atoms with Crippen LogP contribution in [0.1, 0.15) is 63.2 Å². The fourth-order valence-corrected chi connectivity index (χ4v) is 7.54. The summed E-state index contributed by atoms with van der Waals surface area (Å²) in [5.74, 6) is -6.73. The monoisotopic (exact) mass is 633 g/mol. The number of halogens is 6. The van der Waals surface area contributed by atoms with Crippen LogP contribution >= 0.6 is 23.2 Å². The fraction of sp³-hybridized carbons (Fsp3) is 0.621. The average molecular weight is 634 g/mol. The normalized spacial score (nSPS) is 29.4. The number of amides is 1. The van der Waals surface area contributed by atoms with Crippen molar-refractivity contribution in [2.24, 2.45) is 40.0 Å². The zero-order valence-electron chi connectivity index (χ0n) is 23.4. The number of hydrogen-bond donors (Lipinski definition) is 2. The Morgan fingerprint density at radius 1 is 1.17 bits per heavy atom. The summed E-state index contributed by atoms with van der Waals surface area (Å²) in [6.07, 6.45) is -3.48. The topological polar surface area (TPSA) is 111 Å². The van der Waals surface area contributed by atoms with Crippen LogP contribution in [0, 0.1) is 46.2 Å². The van der Waals surface area contributed by atoms with E-state index in [1.54, 1.807) is 6.92 Å². The summed E-state index contributed by atoms with van der Waals surface area (Å²) >= 11 is 12.1. The predicted molar refractivity (Wildman–Crippen MR) is 150 cm³/mol. The quantitative estimate of drug-likeness (QED) is 0.136. The van der Waals surface area contributed by atoms with Crippen LogP contribution in [0.5, 0.6) is 0 Å². The zero-order valence-corrected chi connectivity index (χ0v) is 24.9. The number of rotatable bonds is 9. The highest BCUT2D eigenvalue weighted by Gasteiger charge is 2.63. The summed E-state index contributed by atoms with van der Waals surface area (Å²) in [5, 5.41) is 16.5. The summed E-state index contributed by atoms with van der Waals surface area (Å²) < 4.78 is 57.4. The van der Waals surface area contributed by atoms with Gasteiger partial charge in [-0.3, -0.25) is 19.4 Å². The molecule has 3 saturated carbocycles. The van der Waals surface area contributed by atoms with Crippen molar-refractivity contribution >= 4 is 52.8 Å². The molecular formula is C29H33Cl2F4N3O4. The minimum atomic E-state index is -5.07. The van der Waals surface area contributed by atoms with Gasteiger partial charge in [0.15, 0.2) is 5.78 Å². The largest absolute Gasteiger partial charge is 0.481 e. The number of Topliss-reactive ketones (excluding diaryl/α,β-unsaturated/α-hetero) is 1. The maximum atomic E-state index is 14.4. The van der Waals surface area contributed by atoms with E-state index >= 15 is 0 Å². The molecule has 1 amide bonds. The second kappa shape index (κ2) is 11.9. The number of fused-ring (bicyclic) bond motifs is 1. The Kier molecular flexibility index (Phi) is 9.15. The van der Waals surface area contributed by atoms with E-state index < -0.39 is 76.8 Å². The summed E-state index contributed by atoms with van der Waals surface area (Å²) in [6, 6.07) is 0.629. The van der Waals surface area contributed by atoms with Crippen LogP contribution in [0.4, 0.5) is 17.6 Å². The van der Waals surface area contributed by atoms with Crippen molar-refractivity contribution in [3.63, 3.8) is 0 Å². The van der Waals surface area contributed by atoms with Crippen molar-refractivity contribution in [2.75, 3.05) is 6.54 Å². The lowest BCUT2D eigenvalue weighted by molar-refractivity contribution is -0.144. The summed E-state index contributed by atoms with van der Waals surface area (Å²) in [6.45, 7) is 5.06. The molecular weight excluding hydrogens is 601 g/mol. The molecule has 0 heterocycles. The third-order valence-corrected chi connectivity index (χ3v) is 10.2. The third kappa shape index (κ3) is 6.23. The van der Waals surface area contributed by atoms with E-state index in [4.69, 9.17) is 28.6 Å². The van der Waals surface area contributed by atoms with Crippen LogP contribution in [0.3, 0.4) is 0 Å². The van der Waals surface area contributed by atoms with Crippen molar-refractivity contribution in [1.82, 2.24) is 4.90 Å². The van der Waals surface area contributed by atoms with E-state index in [2.05, 4.69) is 18.8 Å². The first kappa shape index (κ1) is 32.4. The number of carboxylic acid groups (broad SMARTS) is 1. The Labute approximate surface area is 251 Å². The van der Waals surface area contributed by atoms with Crippen molar-refractivity contribution in [3.8, 4) is 0 Å². The molecule has 42 heavy (non-hydrogen) atoms. The Morgan fingerprint density at radius 3 is 2.31 bits per heavy atom. The molecule has 0 radical (unpaired) electrons. The fourth-order valence-electron chi connectivity index (χ4n) is 6.96. The number of aliphatic carboxylic acids is 1. The zero-order chi connectivity index (χ0) is 31.3. The number of carbonyl (C=O) groups is 3. The molecule has 0 saturated heterocycles. The highest BCUT2D eigenvalue weighted by molar-refractivity contribution is 6.40. The first-order chi connectivity index (χ1) is 19.5. The van der Waals surface area contributed by atoms with Crippen LogP contribution in [0.15, 0.2) is 17.1 Å². The van der Waals surface area contributed by atoms with Crippen LogP contribution in [0.25, 0.3) is 0 Å². The van der Waals surface area contributed by atoms with E-state index in [0.717, 1.165) is 17.0 Å². The number of carboxylic acids is 1. The molecule has 7 nitrogen and oxygen atoms in total. The van der Waals surface area contributed by atoms with Crippen molar-refractivity contribution in [1.29, 1.82) is 5.41 Å². The molecule has 4 rings (SSSR count). The first-order valence-electron chi connectivity index (χ1n) is 13.8. The SMILES string of the molecule is CC1CC(N=C(C(C=N)C(=O)N(CC(=O)c2c(Cl)ccc(F)c2Cl)C2CC3C(C2)C3(C)C)C(F)(F)F)CCC1C(=O)O. The van der Waals surface area contributed by atoms with E-state index in [0.29, 0.717) is 19.1 Å². The van der Waals surface area contributed by atoms with Gasteiger partial charge in [0.25, 0.3) is 0 Å². The standard InChI is InChI=1S/C29H33Cl2F4N3O4/c1-13-8-14(4-5-16(13)27(41)42)37-25(29(33,34)35)17(11-36)26(40)38(15-9-18-19(10-15)28(18,2)3)12-22(39)23-20(30)6-7-21(32)24(23)31/h6-7,11,13-19,36H,4-5,8-10,12H2,1-3H3,(H,41,42). The number of alkyl halides is 3. The first-order valence-corrected chi connectivity index (χ1v) is 14.6. The van der Waals surface area contributed by atoms with Gasteiger partial charge in [-0.1, -0.05) is 44.0 Å². The van der Waals surface area contributed by atoms with Gasteiger partial charge in [0.2, 0.25) is 5.91 Å². The molecule has 13 heteroatoms. The molecule has 0 bridgehead atoms. The van der Waals surface area contributed by atoms with Crippen LogP contribution < -0.4 is 0 Å². The lowest BCUT2D eigenvalue weighted by Crippen LogP contribution is -2.50. The van der Waals surface area contributed by atoms with Crippen LogP contribution in [-0.4, -0.2) is 64.4 Å². The number of ketones is 1. The molecule has 0 aromatic heterocycles. The van der Waals surface area contributed by atoms with Gasteiger partial charge in [-0.2, -0.15) is 13.2 Å². The molecule has 3 aliphatic carbocycles. The van der Waals surface area contributed by atoms with Gasteiger partial charge in [-0.15, -0.1) is 0 Å². The molecule has 2 N–H and O–H groups in total. The Hall–Kier alpha value is -2.53. The Bertz CT molecular complexity index is 1300. The molecule has 6 unspecified atom stereocenters. The van der Waals surface area contributed by atoms with Gasteiger partial charge >= 0.3 is 12.1 Å². The van der Waals surface area contributed by atoms with Crippen LogP contribution in [-0.2, 0) is 9.59 Å². The van der Waals surface area contributed by atoms with E-state index in [1.165, 1.54) is 0 Å². The summed E-state index contributed by atoms with van der Waals surface area (Å²) in [7, 11) is 0. The molecule has 1 aromatic rings. The van der Waals surface area contributed by atoms with Gasteiger partial charge in [-0.25, -0.2) is 4.39 Å². The second-order valence-electron chi connectivity index (χ2n) is 12.3. The number of nitrogens with zero attached hydrogens (tertiary/aromatic N) is 2. The molecule has 0 spiro atoms. The Morgan fingerprint density at radius 2 is 1.79 bits per heavy atom. The second-order valence-corrected chi connectivity index (χ2v) is 13.1. The number of nitrogens with one attached hydrogen (secondary N) is 1. The van der Waals surface area contributed by atoms with Gasteiger partial charge in [0, 0.05) is 12.3 Å². The number of carbonyl (C=O) groups excluding carboxylic acids is 2. The molecule has 1 aromatic carbocycles. The van der Waals surface area contributed by atoms with Crippen molar-refractivity contribution in [3.05, 3.63) is 33.6 Å². The maximum Gasteiger partial charge on any atom is 0.430 e. The van der Waals surface area contributed by atoms with Crippen molar-refractivity contribution in [2.45, 2.75) is 71.1 Å². The van der Waals surface area contributed by atoms with E-state index in [1.807, 2.05) is 0 Å². The molecule has 6 atom stereocenters. The molecule has 3 fully saturated rings. The maximum absolute atomic E-state index is 14.4. The summed E-state index contributed by atoms with van der Waals surface area (Å²) in [4.78, 5) is 43.7. The van der Waals surface area contributed by atoms with Gasteiger partial charge < -0.3 is 15.4 Å². The summed E-state index contributed by atoms with van der Waals surface area (Å²) in [5.41, 5.74) is -1.83. The van der Waals surface area contributed by atoms with Gasteiger partial charge in [-0.05, 0) is 67.4 Å². The third-order valence-electron chi connectivity index (χ3n) is 9.50. The smallest absolute Gasteiger partial charge is 0.430 e. The minimum Gasteiger partial charge on any atom is -0.481 e. The van der Waals surface area contributed by atoms with Crippen LogP contribution in [0.2, 0.25) is 10.0 Å². The minimum absolute atomic E-state index is 0.00935. The molecule has 0 aliphatic heterocycles. The highest BCUT2D eigenvalue weighted by Crippen LogP contribution is 2.67. The van der Waals surface area contributed by atoms with E-state index in [-0.39, 0.29) is 47.1 Å². The van der Waals surface area contributed by atoms with Crippen molar-refractivity contribution < 1.29 is 37.1 Å². The Balaban J connectivity index is 1.67. The highest BCUT2D eigenvalue weighted by atomic mass is 35.5. The van der Waals surface area contributed by atoms with Gasteiger partial charge in [0.05, 0.1) is 34.1 Å². The number of benzene rings is 1. The predicted octanol–water partition coefficient (Wildman–Crippen LogP) is 6.74.